The molecule has 2 saturated carbocycles. The fourth-order valence-electron chi connectivity index (χ4n) is 6.27. The Morgan fingerprint density at radius 1 is 0.868 bits per heavy atom. The number of hydrogen-bond acceptors (Lipinski definition) is 4. The van der Waals surface area contributed by atoms with Crippen molar-refractivity contribution in [2.24, 2.45) is 17.8 Å². The van der Waals surface area contributed by atoms with Crippen molar-refractivity contribution >= 4 is 15.2 Å². The number of rotatable bonds is 12. The Morgan fingerprint density at radius 3 is 1.95 bits per heavy atom. The minimum atomic E-state index is -5.66. The highest BCUT2D eigenvalue weighted by atomic mass is 31.2. The first-order chi connectivity index (χ1) is 17.8. The van der Waals surface area contributed by atoms with Crippen LogP contribution in [-0.4, -0.2) is 36.4 Å². The molecule has 0 unspecified atom stereocenters. The van der Waals surface area contributed by atoms with Gasteiger partial charge in [0.2, 0.25) is 5.82 Å². The van der Waals surface area contributed by atoms with E-state index in [1.165, 1.54) is 63.5 Å². The Bertz CT molecular complexity index is 989. The van der Waals surface area contributed by atoms with Crippen LogP contribution in [0.4, 0.5) is 8.78 Å². The number of halogens is 2. The highest BCUT2D eigenvalue weighted by Gasteiger charge is 2.59. The number of benzene rings is 1. The van der Waals surface area contributed by atoms with E-state index in [0.717, 1.165) is 37.5 Å². The molecule has 0 amide bonds. The SMILES string of the molecule is CCCCCC1CCC(C2CCC(c3ccc(OCCC(O)(P(=O)(O)O)P(=O)(O)O)c(F)c3F)CC2)CC1. The van der Waals surface area contributed by atoms with Crippen LogP contribution in [0.25, 0.3) is 0 Å². The molecule has 0 spiro atoms. The molecule has 2 aliphatic rings. The summed E-state index contributed by atoms with van der Waals surface area (Å²) in [5, 5.41) is 6.22. The Hall–Kier alpha value is -0.860. The van der Waals surface area contributed by atoms with Gasteiger partial charge in [0, 0.05) is 6.42 Å². The zero-order valence-electron chi connectivity index (χ0n) is 22.0. The van der Waals surface area contributed by atoms with Crippen molar-refractivity contribution in [3.05, 3.63) is 29.3 Å². The summed E-state index contributed by atoms with van der Waals surface area (Å²) in [7, 11) is -11.3. The monoisotopic (exact) mass is 582 g/mol. The molecule has 0 atom stereocenters. The zero-order chi connectivity index (χ0) is 28.1. The van der Waals surface area contributed by atoms with E-state index in [1.54, 1.807) is 0 Å². The normalized spacial score (nSPS) is 25.4. The highest BCUT2D eigenvalue weighted by Crippen LogP contribution is 2.68. The number of hydrogen-bond donors (Lipinski definition) is 5. The minimum Gasteiger partial charge on any atom is -0.490 e. The van der Waals surface area contributed by atoms with Gasteiger partial charge in [-0.15, -0.1) is 0 Å². The molecular weight excluding hydrogens is 540 g/mol. The van der Waals surface area contributed by atoms with Crippen LogP contribution < -0.4 is 4.74 Å². The van der Waals surface area contributed by atoms with Crippen LogP contribution in [0.2, 0.25) is 0 Å². The fourth-order valence-corrected chi connectivity index (χ4v) is 8.39. The van der Waals surface area contributed by atoms with Crippen LogP contribution >= 0.6 is 15.2 Å². The molecule has 0 heterocycles. The van der Waals surface area contributed by atoms with Gasteiger partial charge in [0.25, 0.3) is 5.08 Å². The predicted octanol–water partition coefficient (Wildman–Crippen LogP) is 6.40. The number of ether oxygens (including phenoxy) is 1. The van der Waals surface area contributed by atoms with Crippen molar-refractivity contribution in [2.45, 2.75) is 101 Å². The van der Waals surface area contributed by atoms with Crippen molar-refractivity contribution in [3.63, 3.8) is 0 Å². The summed E-state index contributed by atoms with van der Waals surface area (Å²) >= 11 is 0. The molecule has 0 radical (unpaired) electrons. The molecule has 0 saturated heterocycles. The molecule has 1 aromatic carbocycles. The standard InChI is InChI=1S/C26H42F2O8P2/c1-2-3-4-5-18-6-8-19(9-7-18)20-10-12-21(13-11-20)22-14-15-23(25(28)24(22)27)36-17-16-26(29,37(30,31)32)38(33,34)35/h14-15,18-21,29H,2-13,16-17H2,1H3,(H2,30,31,32)(H2,33,34,35). The van der Waals surface area contributed by atoms with E-state index in [0.29, 0.717) is 5.92 Å². The van der Waals surface area contributed by atoms with Crippen LogP contribution in [0.3, 0.4) is 0 Å². The van der Waals surface area contributed by atoms with Gasteiger partial charge in [-0.1, -0.05) is 51.5 Å². The second-order valence-corrected chi connectivity index (χ2v) is 15.1. The van der Waals surface area contributed by atoms with Crippen molar-refractivity contribution < 1.29 is 47.3 Å². The molecule has 2 fully saturated rings. The first kappa shape index (κ1) is 31.7. The predicted molar refractivity (Wildman–Crippen MR) is 140 cm³/mol. The topological polar surface area (TPSA) is 145 Å². The lowest BCUT2D eigenvalue weighted by Crippen LogP contribution is -2.30. The summed E-state index contributed by atoms with van der Waals surface area (Å²) in [6, 6.07) is 2.63. The zero-order valence-corrected chi connectivity index (χ0v) is 23.8. The molecule has 3 rings (SSSR count). The van der Waals surface area contributed by atoms with E-state index in [4.69, 9.17) is 4.74 Å². The third-order valence-corrected chi connectivity index (χ3v) is 12.6. The maximum Gasteiger partial charge on any atom is 0.369 e. The van der Waals surface area contributed by atoms with E-state index in [-0.39, 0.29) is 11.5 Å². The molecule has 0 bridgehead atoms. The Labute approximate surface area is 223 Å². The van der Waals surface area contributed by atoms with E-state index in [2.05, 4.69) is 6.92 Å². The average Bonchev–Trinajstić information content (AvgIpc) is 2.86. The first-order valence-corrected chi connectivity index (χ1v) is 16.9. The Kier molecular flexibility index (Phi) is 11.0. The van der Waals surface area contributed by atoms with E-state index < -0.39 is 50.7 Å². The second-order valence-electron chi connectivity index (χ2n) is 11.1. The molecule has 8 nitrogen and oxygen atoms in total. The molecule has 5 N–H and O–H groups in total. The van der Waals surface area contributed by atoms with E-state index >= 15 is 0 Å². The van der Waals surface area contributed by atoms with Crippen molar-refractivity contribution in [1.82, 2.24) is 0 Å². The summed E-state index contributed by atoms with van der Waals surface area (Å²) in [6.07, 6.45) is 12.7. The smallest absolute Gasteiger partial charge is 0.369 e. The third kappa shape index (κ3) is 7.45. The molecular formula is C26H42F2O8P2. The van der Waals surface area contributed by atoms with Crippen LogP contribution in [0, 0.1) is 29.4 Å². The lowest BCUT2D eigenvalue weighted by molar-refractivity contribution is 0.105. The molecule has 12 heteroatoms. The molecule has 0 aromatic heterocycles. The molecule has 38 heavy (non-hydrogen) atoms. The lowest BCUT2D eigenvalue weighted by Gasteiger charge is -2.38. The summed E-state index contributed by atoms with van der Waals surface area (Å²) in [5.41, 5.74) is 0.259. The summed E-state index contributed by atoms with van der Waals surface area (Å²) in [4.78, 5) is 36.7. The Morgan fingerprint density at radius 2 is 1.42 bits per heavy atom. The fraction of sp³-hybridized carbons (Fsp3) is 0.769. The molecule has 218 valence electrons. The molecule has 2 aliphatic carbocycles. The van der Waals surface area contributed by atoms with Gasteiger partial charge >= 0.3 is 15.2 Å². The quantitative estimate of drug-likeness (QED) is 0.141. The molecule has 0 aliphatic heterocycles. The van der Waals surface area contributed by atoms with Gasteiger partial charge in [0.05, 0.1) is 6.61 Å². The van der Waals surface area contributed by atoms with E-state index in [1.807, 2.05) is 0 Å². The maximum absolute atomic E-state index is 15.0. The third-order valence-electron chi connectivity index (χ3n) is 8.69. The van der Waals surface area contributed by atoms with Gasteiger partial charge in [-0.3, -0.25) is 9.13 Å². The Balaban J connectivity index is 1.53. The largest absolute Gasteiger partial charge is 0.490 e. The average molecular weight is 583 g/mol. The summed E-state index contributed by atoms with van der Waals surface area (Å²) in [5.74, 6) is -0.810. The van der Waals surface area contributed by atoms with Crippen LogP contribution in [0.15, 0.2) is 12.1 Å². The van der Waals surface area contributed by atoms with E-state index in [9.17, 15) is 42.6 Å². The summed E-state index contributed by atoms with van der Waals surface area (Å²) < 4.78 is 57.6. The van der Waals surface area contributed by atoms with Gasteiger partial charge in [-0.05, 0) is 73.8 Å². The van der Waals surface area contributed by atoms with Crippen molar-refractivity contribution in [2.75, 3.05) is 6.61 Å². The van der Waals surface area contributed by atoms with Crippen LogP contribution in [0.1, 0.15) is 102 Å². The number of unbranched alkanes of at least 4 members (excludes halogenated alkanes) is 2. The molecule has 1 aromatic rings. The van der Waals surface area contributed by atoms with Crippen molar-refractivity contribution in [3.8, 4) is 5.75 Å². The number of aliphatic hydroxyl groups is 1. The van der Waals surface area contributed by atoms with Gasteiger partial charge in [-0.2, -0.15) is 4.39 Å². The second kappa shape index (κ2) is 13.2. The van der Waals surface area contributed by atoms with Gasteiger partial charge in [-0.25, -0.2) is 4.39 Å². The lowest BCUT2D eigenvalue weighted by atomic mass is 9.68. The van der Waals surface area contributed by atoms with Crippen LogP contribution in [-0.2, 0) is 9.13 Å². The van der Waals surface area contributed by atoms with Gasteiger partial charge in [0.1, 0.15) is 0 Å². The van der Waals surface area contributed by atoms with Gasteiger partial charge in [0.15, 0.2) is 11.6 Å². The van der Waals surface area contributed by atoms with Crippen molar-refractivity contribution in [1.29, 1.82) is 0 Å². The van der Waals surface area contributed by atoms with Crippen LogP contribution in [0.5, 0.6) is 5.75 Å². The maximum atomic E-state index is 15.0. The minimum absolute atomic E-state index is 0.116. The van der Waals surface area contributed by atoms with Gasteiger partial charge < -0.3 is 29.4 Å². The summed E-state index contributed by atoms with van der Waals surface area (Å²) in [6.45, 7) is 1.38. The highest BCUT2D eigenvalue weighted by molar-refractivity contribution is 7.72. The first-order valence-electron chi connectivity index (χ1n) is 13.7.